The Kier molecular flexibility index (Phi) is 4.71. The van der Waals surface area contributed by atoms with Gasteiger partial charge in [-0.05, 0) is 13.0 Å². The molecule has 78 valence electrons. The third kappa shape index (κ3) is 4.04. The Morgan fingerprint density at radius 1 is 1.57 bits per heavy atom. The second-order valence-corrected chi connectivity index (χ2v) is 3.02. The second-order valence-electron chi connectivity index (χ2n) is 3.02. The van der Waals surface area contributed by atoms with Crippen LogP contribution in [0.3, 0.4) is 0 Å². The molecular formula is C9H16N4O. The van der Waals surface area contributed by atoms with E-state index in [0.717, 1.165) is 13.0 Å². The molecule has 1 amide bonds. The fourth-order valence-corrected chi connectivity index (χ4v) is 1.04. The van der Waals surface area contributed by atoms with Crippen molar-refractivity contribution in [3.63, 3.8) is 0 Å². The molecular weight excluding hydrogens is 180 g/mol. The fourth-order valence-electron chi connectivity index (χ4n) is 1.04. The number of hydrogen-bond donors (Lipinski definition) is 3. The zero-order valence-corrected chi connectivity index (χ0v) is 8.34. The third-order valence-corrected chi connectivity index (χ3v) is 1.73. The van der Waals surface area contributed by atoms with E-state index in [1.165, 1.54) is 0 Å². The van der Waals surface area contributed by atoms with Gasteiger partial charge in [-0.3, -0.25) is 9.89 Å². The molecule has 0 saturated carbocycles. The summed E-state index contributed by atoms with van der Waals surface area (Å²) in [4.78, 5) is 11.3. The van der Waals surface area contributed by atoms with Gasteiger partial charge in [-0.1, -0.05) is 6.92 Å². The first-order valence-corrected chi connectivity index (χ1v) is 4.83. The molecule has 1 rings (SSSR count). The standard InChI is InChI=1S/C9H16N4O/c1-2-5-10-6-4-9(14)12-8-3-7-11-13-8/h3,7,10H,2,4-6H2,1H3,(H2,11,12,13,14). The number of nitrogens with zero attached hydrogens (tertiary/aromatic N) is 1. The van der Waals surface area contributed by atoms with Crippen molar-refractivity contribution >= 4 is 11.7 Å². The van der Waals surface area contributed by atoms with Crippen LogP contribution in [0, 0.1) is 0 Å². The monoisotopic (exact) mass is 196 g/mol. The van der Waals surface area contributed by atoms with Crippen LogP contribution in [0.2, 0.25) is 0 Å². The lowest BCUT2D eigenvalue weighted by Gasteiger charge is -2.03. The number of amides is 1. The molecule has 0 aliphatic carbocycles. The summed E-state index contributed by atoms with van der Waals surface area (Å²) in [5.74, 6) is 0.642. The summed E-state index contributed by atoms with van der Waals surface area (Å²) in [6.45, 7) is 3.77. The molecule has 14 heavy (non-hydrogen) atoms. The van der Waals surface area contributed by atoms with Crippen molar-refractivity contribution in [2.75, 3.05) is 18.4 Å². The average molecular weight is 196 g/mol. The smallest absolute Gasteiger partial charge is 0.226 e. The van der Waals surface area contributed by atoms with Crippen molar-refractivity contribution in [3.05, 3.63) is 12.3 Å². The molecule has 1 aromatic rings. The van der Waals surface area contributed by atoms with Gasteiger partial charge in [0, 0.05) is 19.0 Å². The molecule has 0 aliphatic rings. The van der Waals surface area contributed by atoms with Crippen LogP contribution in [-0.4, -0.2) is 29.2 Å². The van der Waals surface area contributed by atoms with Crippen molar-refractivity contribution in [1.29, 1.82) is 0 Å². The summed E-state index contributed by atoms with van der Waals surface area (Å²) in [5, 5.41) is 12.3. The molecule has 5 heteroatoms. The topological polar surface area (TPSA) is 69.8 Å². The highest BCUT2D eigenvalue weighted by atomic mass is 16.1. The molecule has 0 fully saturated rings. The van der Waals surface area contributed by atoms with Gasteiger partial charge < -0.3 is 10.6 Å². The van der Waals surface area contributed by atoms with Gasteiger partial charge >= 0.3 is 0 Å². The third-order valence-electron chi connectivity index (χ3n) is 1.73. The highest BCUT2D eigenvalue weighted by Gasteiger charge is 2.01. The Morgan fingerprint density at radius 3 is 3.07 bits per heavy atom. The minimum atomic E-state index is -0.00199. The van der Waals surface area contributed by atoms with E-state index in [1.807, 2.05) is 0 Å². The molecule has 0 atom stereocenters. The van der Waals surface area contributed by atoms with Gasteiger partial charge in [0.25, 0.3) is 0 Å². The summed E-state index contributed by atoms with van der Waals surface area (Å²) in [5.41, 5.74) is 0. The molecule has 1 aromatic heterocycles. The lowest BCUT2D eigenvalue weighted by atomic mass is 10.4. The van der Waals surface area contributed by atoms with Crippen molar-refractivity contribution < 1.29 is 4.79 Å². The van der Waals surface area contributed by atoms with E-state index < -0.39 is 0 Å². The van der Waals surface area contributed by atoms with Crippen LogP contribution < -0.4 is 10.6 Å². The largest absolute Gasteiger partial charge is 0.316 e. The maximum atomic E-state index is 11.3. The van der Waals surface area contributed by atoms with E-state index in [9.17, 15) is 4.79 Å². The van der Waals surface area contributed by atoms with Gasteiger partial charge in [0.1, 0.15) is 5.82 Å². The number of anilines is 1. The van der Waals surface area contributed by atoms with Crippen LogP contribution in [0.25, 0.3) is 0 Å². The molecule has 0 aliphatic heterocycles. The van der Waals surface area contributed by atoms with Crippen molar-refractivity contribution in [2.24, 2.45) is 0 Å². The number of carbonyl (C=O) groups is 1. The molecule has 1 heterocycles. The van der Waals surface area contributed by atoms with Crippen LogP contribution >= 0.6 is 0 Å². The molecule has 0 spiro atoms. The van der Waals surface area contributed by atoms with E-state index in [2.05, 4.69) is 27.8 Å². The van der Waals surface area contributed by atoms with E-state index in [1.54, 1.807) is 12.3 Å². The molecule has 0 unspecified atom stereocenters. The maximum Gasteiger partial charge on any atom is 0.226 e. The molecule has 0 bridgehead atoms. The average Bonchev–Trinajstić information content (AvgIpc) is 2.65. The maximum absolute atomic E-state index is 11.3. The zero-order chi connectivity index (χ0) is 10.2. The van der Waals surface area contributed by atoms with Crippen LogP contribution in [0.4, 0.5) is 5.82 Å². The second kappa shape index (κ2) is 6.15. The van der Waals surface area contributed by atoms with Crippen LogP contribution in [0.5, 0.6) is 0 Å². The predicted molar refractivity (Wildman–Crippen MR) is 55.0 cm³/mol. The highest BCUT2D eigenvalue weighted by molar-refractivity contribution is 5.89. The summed E-state index contributed by atoms with van der Waals surface area (Å²) in [7, 11) is 0. The predicted octanol–water partition coefficient (Wildman–Crippen LogP) is 0.738. The zero-order valence-electron chi connectivity index (χ0n) is 8.34. The van der Waals surface area contributed by atoms with Crippen LogP contribution in [-0.2, 0) is 4.79 Å². The summed E-state index contributed by atoms with van der Waals surface area (Å²) in [6, 6.07) is 1.72. The Hall–Kier alpha value is -1.36. The molecule has 5 nitrogen and oxygen atoms in total. The quantitative estimate of drug-likeness (QED) is 0.588. The number of hydrogen-bond acceptors (Lipinski definition) is 3. The van der Waals surface area contributed by atoms with E-state index in [4.69, 9.17) is 0 Å². The lowest BCUT2D eigenvalue weighted by molar-refractivity contribution is -0.116. The Balaban J connectivity index is 2.11. The first-order chi connectivity index (χ1) is 6.83. The van der Waals surface area contributed by atoms with Gasteiger partial charge in [-0.25, -0.2) is 0 Å². The minimum absolute atomic E-state index is 0.00199. The number of aromatic nitrogens is 2. The van der Waals surface area contributed by atoms with Gasteiger partial charge in [-0.15, -0.1) is 0 Å². The highest BCUT2D eigenvalue weighted by Crippen LogP contribution is 1.98. The normalized spacial score (nSPS) is 10.1. The Labute approximate surface area is 83.3 Å². The van der Waals surface area contributed by atoms with Crippen LogP contribution in [0.1, 0.15) is 19.8 Å². The van der Waals surface area contributed by atoms with Gasteiger partial charge in [0.15, 0.2) is 0 Å². The number of nitrogens with one attached hydrogen (secondary N) is 3. The number of H-pyrrole nitrogens is 1. The van der Waals surface area contributed by atoms with Crippen molar-refractivity contribution in [2.45, 2.75) is 19.8 Å². The fraction of sp³-hybridized carbons (Fsp3) is 0.556. The molecule has 0 radical (unpaired) electrons. The first-order valence-electron chi connectivity index (χ1n) is 4.83. The van der Waals surface area contributed by atoms with Crippen molar-refractivity contribution in [3.8, 4) is 0 Å². The molecule has 3 N–H and O–H groups in total. The van der Waals surface area contributed by atoms with Crippen LogP contribution in [0.15, 0.2) is 12.3 Å². The number of aromatic amines is 1. The summed E-state index contributed by atoms with van der Waals surface area (Å²) in [6.07, 6.45) is 3.17. The van der Waals surface area contributed by atoms with Gasteiger partial charge in [-0.2, -0.15) is 5.10 Å². The Morgan fingerprint density at radius 2 is 2.43 bits per heavy atom. The number of rotatable bonds is 6. The SMILES string of the molecule is CCCNCCC(=O)Nc1ccn[nH]1. The van der Waals surface area contributed by atoms with E-state index in [-0.39, 0.29) is 5.91 Å². The first kappa shape index (κ1) is 10.7. The summed E-state index contributed by atoms with van der Waals surface area (Å²) < 4.78 is 0. The molecule has 0 saturated heterocycles. The van der Waals surface area contributed by atoms with E-state index in [0.29, 0.717) is 18.8 Å². The summed E-state index contributed by atoms with van der Waals surface area (Å²) >= 11 is 0. The van der Waals surface area contributed by atoms with Crippen molar-refractivity contribution in [1.82, 2.24) is 15.5 Å². The van der Waals surface area contributed by atoms with E-state index >= 15 is 0 Å². The lowest BCUT2D eigenvalue weighted by Crippen LogP contribution is -2.22. The van der Waals surface area contributed by atoms with Gasteiger partial charge in [0.2, 0.25) is 5.91 Å². The minimum Gasteiger partial charge on any atom is -0.316 e. The van der Waals surface area contributed by atoms with Gasteiger partial charge in [0.05, 0.1) is 6.20 Å². The molecule has 0 aromatic carbocycles. The Bertz CT molecular complexity index is 258. The number of carbonyl (C=O) groups excluding carboxylic acids is 1.